The van der Waals surface area contributed by atoms with Crippen molar-refractivity contribution in [2.75, 3.05) is 11.9 Å². The average Bonchev–Trinajstić information content (AvgIpc) is 2.46. The number of hydrogen-bond acceptors (Lipinski definition) is 3. The van der Waals surface area contributed by atoms with Crippen LogP contribution < -0.4 is 16.0 Å². The minimum atomic E-state index is -1.07. The highest BCUT2D eigenvalue weighted by atomic mass is 79.9. The molecule has 0 spiro atoms. The molecule has 0 radical (unpaired) electrons. The molecule has 7 nitrogen and oxygen atoms in total. The van der Waals surface area contributed by atoms with E-state index >= 15 is 0 Å². The van der Waals surface area contributed by atoms with Gasteiger partial charge in [0.15, 0.2) is 0 Å². The molecule has 0 saturated carbocycles. The van der Waals surface area contributed by atoms with E-state index in [1.807, 2.05) is 0 Å². The van der Waals surface area contributed by atoms with E-state index < -0.39 is 23.9 Å². The summed E-state index contributed by atoms with van der Waals surface area (Å²) in [7, 11) is 0. The number of amides is 3. The third kappa shape index (κ3) is 7.14. The molecule has 1 rings (SSSR count). The van der Waals surface area contributed by atoms with Crippen LogP contribution >= 0.6 is 15.9 Å². The van der Waals surface area contributed by atoms with Gasteiger partial charge in [0, 0.05) is 23.1 Å². The van der Waals surface area contributed by atoms with Crippen LogP contribution in [0.4, 0.5) is 10.5 Å². The Morgan fingerprint density at radius 3 is 2.30 bits per heavy atom. The molecule has 0 aromatic heterocycles. The lowest BCUT2D eigenvalue weighted by atomic mass is 10.0. The zero-order valence-electron chi connectivity index (χ0n) is 12.9. The molecule has 23 heavy (non-hydrogen) atoms. The van der Waals surface area contributed by atoms with Crippen molar-refractivity contribution in [1.29, 1.82) is 0 Å². The van der Waals surface area contributed by atoms with Gasteiger partial charge in [-0.25, -0.2) is 9.59 Å². The van der Waals surface area contributed by atoms with Gasteiger partial charge in [-0.05, 0) is 30.2 Å². The second-order valence-electron chi connectivity index (χ2n) is 5.27. The summed E-state index contributed by atoms with van der Waals surface area (Å²) in [5, 5.41) is 16.6. The van der Waals surface area contributed by atoms with Crippen molar-refractivity contribution in [3.05, 3.63) is 28.7 Å². The number of nitrogens with one attached hydrogen (secondary N) is 3. The van der Waals surface area contributed by atoms with Gasteiger partial charge in [-0.1, -0.05) is 29.8 Å². The summed E-state index contributed by atoms with van der Waals surface area (Å²) in [5.41, 5.74) is 0.626. The number of halogens is 1. The maximum absolute atomic E-state index is 11.7. The Labute approximate surface area is 143 Å². The van der Waals surface area contributed by atoms with Gasteiger partial charge in [0.1, 0.15) is 6.04 Å². The number of benzene rings is 1. The fourth-order valence-electron chi connectivity index (χ4n) is 1.76. The summed E-state index contributed by atoms with van der Waals surface area (Å²) in [6.45, 7) is 3.53. The molecule has 0 heterocycles. The van der Waals surface area contributed by atoms with Crippen molar-refractivity contribution in [3.8, 4) is 0 Å². The lowest BCUT2D eigenvalue weighted by Gasteiger charge is -2.17. The maximum atomic E-state index is 11.7. The quantitative estimate of drug-likeness (QED) is 0.576. The highest BCUT2D eigenvalue weighted by Gasteiger charge is 2.23. The summed E-state index contributed by atoms with van der Waals surface area (Å²) >= 11 is 3.29. The second kappa shape index (κ2) is 9.14. The van der Waals surface area contributed by atoms with Crippen molar-refractivity contribution < 1.29 is 19.5 Å². The van der Waals surface area contributed by atoms with Gasteiger partial charge in [-0.15, -0.1) is 0 Å². The standard InChI is InChI=1S/C15H20BrN3O4/c1-9(2)13(14(21)22)19-12(20)7-8-17-15(23)18-11-5-3-10(16)4-6-11/h3-6,9,13H,7-8H2,1-2H3,(H,19,20)(H,21,22)(H2,17,18,23)/t13-/m1/s1. The van der Waals surface area contributed by atoms with Gasteiger partial charge in [0.05, 0.1) is 0 Å². The van der Waals surface area contributed by atoms with Gasteiger partial charge >= 0.3 is 12.0 Å². The average molecular weight is 386 g/mol. The van der Waals surface area contributed by atoms with Crippen LogP contribution in [0.3, 0.4) is 0 Å². The number of urea groups is 1. The number of carboxylic acids is 1. The molecule has 126 valence electrons. The van der Waals surface area contributed by atoms with Gasteiger partial charge < -0.3 is 21.1 Å². The molecule has 0 aliphatic rings. The van der Waals surface area contributed by atoms with Crippen molar-refractivity contribution in [2.45, 2.75) is 26.3 Å². The molecular weight excluding hydrogens is 366 g/mol. The predicted octanol–water partition coefficient (Wildman–Crippen LogP) is 2.19. The van der Waals surface area contributed by atoms with Crippen LogP contribution in [-0.4, -0.2) is 35.6 Å². The van der Waals surface area contributed by atoms with Crippen molar-refractivity contribution in [3.63, 3.8) is 0 Å². The number of rotatable bonds is 7. The van der Waals surface area contributed by atoms with Crippen molar-refractivity contribution >= 4 is 39.5 Å². The maximum Gasteiger partial charge on any atom is 0.326 e. The van der Waals surface area contributed by atoms with Crippen LogP contribution in [0.2, 0.25) is 0 Å². The van der Waals surface area contributed by atoms with E-state index in [9.17, 15) is 14.4 Å². The molecule has 4 N–H and O–H groups in total. The van der Waals surface area contributed by atoms with Gasteiger partial charge in [0.2, 0.25) is 5.91 Å². The summed E-state index contributed by atoms with van der Waals surface area (Å²) in [4.78, 5) is 34.3. The first-order chi connectivity index (χ1) is 10.8. The lowest BCUT2D eigenvalue weighted by molar-refractivity contribution is -0.143. The van der Waals surface area contributed by atoms with Crippen molar-refractivity contribution in [2.24, 2.45) is 5.92 Å². The molecule has 1 atom stereocenters. The molecule has 3 amide bonds. The van der Waals surface area contributed by atoms with Gasteiger partial charge in [-0.2, -0.15) is 0 Å². The Morgan fingerprint density at radius 2 is 1.78 bits per heavy atom. The van der Waals surface area contributed by atoms with E-state index in [1.54, 1.807) is 38.1 Å². The van der Waals surface area contributed by atoms with Gasteiger partial charge in [0.25, 0.3) is 0 Å². The smallest absolute Gasteiger partial charge is 0.326 e. The first-order valence-corrected chi connectivity index (χ1v) is 7.91. The van der Waals surface area contributed by atoms with Crippen molar-refractivity contribution in [1.82, 2.24) is 10.6 Å². The van der Waals surface area contributed by atoms with E-state index in [1.165, 1.54) is 0 Å². The third-order valence-corrected chi connectivity index (χ3v) is 3.52. The molecule has 0 saturated heterocycles. The topological polar surface area (TPSA) is 108 Å². The Morgan fingerprint density at radius 1 is 1.17 bits per heavy atom. The number of carbonyl (C=O) groups is 3. The summed E-state index contributed by atoms with van der Waals surface area (Å²) in [5.74, 6) is -1.71. The number of anilines is 1. The Hall–Kier alpha value is -2.09. The van der Waals surface area contributed by atoms with Crippen LogP contribution in [0.5, 0.6) is 0 Å². The summed E-state index contributed by atoms with van der Waals surface area (Å²) < 4.78 is 0.901. The zero-order chi connectivity index (χ0) is 17.4. The lowest BCUT2D eigenvalue weighted by Crippen LogP contribution is -2.45. The molecular formula is C15H20BrN3O4. The second-order valence-corrected chi connectivity index (χ2v) is 6.18. The fourth-order valence-corrected chi connectivity index (χ4v) is 2.02. The Balaban J connectivity index is 2.32. The fraction of sp³-hybridized carbons (Fsp3) is 0.400. The molecule has 1 aromatic carbocycles. The van der Waals surface area contributed by atoms with E-state index in [0.717, 1.165) is 4.47 Å². The molecule has 0 aliphatic carbocycles. The minimum absolute atomic E-state index is 0.00422. The Kier molecular flexibility index (Phi) is 7.53. The molecule has 0 unspecified atom stereocenters. The largest absolute Gasteiger partial charge is 0.480 e. The van der Waals surface area contributed by atoms with Crippen LogP contribution in [0.1, 0.15) is 20.3 Å². The van der Waals surface area contributed by atoms with E-state index in [2.05, 4.69) is 31.9 Å². The Bertz CT molecular complexity index is 560. The number of hydrogen-bond donors (Lipinski definition) is 4. The number of aliphatic carboxylic acids is 1. The molecule has 0 fully saturated rings. The summed E-state index contributed by atoms with van der Waals surface area (Å²) in [6.07, 6.45) is 0.00422. The van der Waals surface area contributed by atoms with Crippen LogP contribution in [-0.2, 0) is 9.59 Å². The first kappa shape index (κ1) is 19.0. The highest BCUT2D eigenvalue weighted by Crippen LogP contribution is 2.13. The normalized spacial score (nSPS) is 11.7. The number of carboxylic acid groups (broad SMARTS) is 1. The SMILES string of the molecule is CC(C)[C@@H](NC(=O)CCNC(=O)Nc1ccc(Br)cc1)C(=O)O. The van der Waals surface area contributed by atoms with Crippen LogP contribution in [0, 0.1) is 5.92 Å². The third-order valence-electron chi connectivity index (χ3n) is 2.99. The number of carbonyl (C=O) groups excluding carboxylic acids is 2. The van der Waals surface area contributed by atoms with Crippen LogP contribution in [0.15, 0.2) is 28.7 Å². The highest BCUT2D eigenvalue weighted by molar-refractivity contribution is 9.10. The van der Waals surface area contributed by atoms with Crippen LogP contribution in [0.25, 0.3) is 0 Å². The van der Waals surface area contributed by atoms with E-state index in [4.69, 9.17) is 5.11 Å². The van der Waals surface area contributed by atoms with Gasteiger partial charge in [-0.3, -0.25) is 4.79 Å². The molecule has 0 bridgehead atoms. The molecule has 1 aromatic rings. The molecule has 8 heteroatoms. The monoisotopic (exact) mass is 385 g/mol. The van der Waals surface area contributed by atoms with E-state index in [-0.39, 0.29) is 18.9 Å². The zero-order valence-corrected chi connectivity index (χ0v) is 14.5. The predicted molar refractivity (Wildman–Crippen MR) is 90.2 cm³/mol. The summed E-state index contributed by atoms with van der Waals surface area (Å²) in [6, 6.07) is 5.69. The minimum Gasteiger partial charge on any atom is -0.480 e. The van der Waals surface area contributed by atoms with E-state index in [0.29, 0.717) is 5.69 Å². The first-order valence-electron chi connectivity index (χ1n) is 7.12. The molecule has 0 aliphatic heterocycles.